The number of rotatable bonds is 3. The summed E-state index contributed by atoms with van der Waals surface area (Å²) in [6, 6.07) is 0.692. The summed E-state index contributed by atoms with van der Waals surface area (Å²) in [5.41, 5.74) is -0.410. The highest BCUT2D eigenvalue weighted by Crippen LogP contribution is 2.21. The molecule has 2 N–H and O–H groups in total. The molecule has 4 nitrogen and oxygen atoms in total. The summed E-state index contributed by atoms with van der Waals surface area (Å²) in [6.07, 6.45) is 0.690. The van der Waals surface area contributed by atoms with Crippen LogP contribution < -0.4 is 10.6 Å². The molecule has 1 amide bonds. The van der Waals surface area contributed by atoms with E-state index in [-0.39, 0.29) is 12.1 Å². The number of amides is 1. The molecule has 0 aliphatic heterocycles. The fourth-order valence-corrected chi connectivity index (χ4v) is 1.30. The lowest BCUT2D eigenvalue weighted by Crippen LogP contribution is -2.36. The highest BCUT2D eigenvalue weighted by atomic mass is 16.6. The van der Waals surface area contributed by atoms with Gasteiger partial charge < -0.3 is 15.4 Å². The SMILES string of the molecule is CCNC1CC1NC(=O)OC(C)(C)C. The van der Waals surface area contributed by atoms with Crippen LogP contribution in [0.2, 0.25) is 0 Å². The molecule has 14 heavy (non-hydrogen) atoms. The minimum Gasteiger partial charge on any atom is -0.444 e. The first-order chi connectivity index (χ1) is 6.42. The van der Waals surface area contributed by atoms with Gasteiger partial charge in [0.1, 0.15) is 5.60 Å². The number of carbonyl (C=O) groups is 1. The molecule has 0 aromatic heterocycles. The molecule has 0 bridgehead atoms. The van der Waals surface area contributed by atoms with Crippen LogP contribution >= 0.6 is 0 Å². The molecule has 2 unspecified atom stereocenters. The van der Waals surface area contributed by atoms with E-state index in [9.17, 15) is 4.79 Å². The van der Waals surface area contributed by atoms with Crippen LogP contribution in [0.4, 0.5) is 4.79 Å². The molecule has 1 rings (SSSR count). The van der Waals surface area contributed by atoms with Crippen molar-refractivity contribution in [3.8, 4) is 0 Å². The summed E-state index contributed by atoms with van der Waals surface area (Å²) in [7, 11) is 0. The fourth-order valence-electron chi connectivity index (χ4n) is 1.30. The molecule has 0 aromatic carbocycles. The Bertz CT molecular complexity index is 211. The van der Waals surface area contributed by atoms with E-state index >= 15 is 0 Å². The van der Waals surface area contributed by atoms with Gasteiger partial charge in [-0.1, -0.05) is 6.92 Å². The van der Waals surface area contributed by atoms with Gasteiger partial charge in [0.15, 0.2) is 0 Å². The van der Waals surface area contributed by atoms with Crippen LogP contribution in [-0.2, 0) is 4.74 Å². The van der Waals surface area contributed by atoms with Gasteiger partial charge in [-0.25, -0.2) is 4.79 Å². The molecule has 0 aromatic rings. The first kappa shape index (κ1) is 11.3. The van der Waals surface area contributed by atoms with Gasteiger partial charge >= 0.3 is 6.09 Å². The summed E-state index contributed by atoms with van der Waals surface area (Å²) in [5.74, 6) is 0. The molecule has 1 saturated carbocycles. The number of hydrogen-bond donors (Lipinski definition) is 2. The van der Waals surface area contributed by atoms with E-state index in [0.29, 0.717) is 6.04 Å². The molecule has 0 saturated heterocycles. The van der Waals surface area contributed by atoms with Crippen molar-refractivity contribution in [3.63, 3.8) is 0 Å². The molecule has 0 radical (unpaired) electrons. The van der Waals surface area contributed by atoms with Gasteiger partial charge in [-0.3, -0.25) is 0 Å². The first-order valence-corrected chi connectivity index (χ1v) is 5.15. The molecular weight excluding hydrogens is 180 g/mol. The molecule has 0 heterocycles. The van der Waals surface area contributed by atoms with Gasteiger partial charge in [-0.15, -0.1) is 0 Å². The zero-order chi connectivity index (χ0) is 10.8. The number of nitrogens with one attached hydrogen (secondary N) is 2. The van der Waals surface area contributed by atoms with E-state index in [1.165, 1.54) is 0 Å². The topological polar surface area (TPSA) is 50.4 Å². The minimum absolute atomic E-state index is 0.254. The van der Waals surface area contributed by atoms with Crippen molar-refractivity contribution in [2.24, 2.45) is 0 Å². The van der Waals surface area contributed by atoms with E-state index < -0.39 is 5.60 Å². The summed E-state index contributed by atoms with van der Waals surface area (Å²) < 4.78 is 5.14. The van der Waals surface area contributed by atoms with Crippen LogP contribution in [0, 0.1) is 0 Å². The lowest BCUT2D eigenvalue weighted by molar-refractivity contribution is 0.0522. The monoisotopic (exact) mass is 200 g/mol. The zero-order valence-corrected chi connectivity index (χ0v) is 9.39. The maximum Gasteiger partial charge on any atom is 0.407 e. The summed E-state index contributed by atoms with van der Waals surface area (Å²) in [5, 5.41) is 6.09. The smallest absolute Gasteiger partial charge is 0.407 e. The van der Waals surface area contributed by atoms with Crippen LogP contribution in [0.1, 0.15) is 34.1 Å². The Labute approximate surface area is 85.4 Å². The van der Waals surface area contributed by atoms with Crippen molar-refractivity contribution in [1.29, 1.82) is 0 Å². The van der Waals surface area contributed by atoms with E-state index in [4.69, 9.17) is 4.74 Å². The molecule has 1 fully saturated rings. The Kier molecular flexibility index (Phi) is 3.37. The van der Waals surface area contributed by atoms with Gasteiger partial charge in [0, 0.05) is 12.1 Å². The van der Waals surface area contributed by atoms with Gasteiger partial charge in [0.2, 0.25) is 0 Å². The second-order valence-corrected chi connectivity index (χ2v) is 4.65. The Morgan fingerprint density at radius 3 is 2.57 bits per heavy atom. The lowest BCUT2D eigenvalue weighted by Gasteiger charge is -2.19. The number of alkyl carbamates (subject to hydrolysis) is 1. The molecule has 1 aliphatic carbocycles. The second-order valence-electron chi connectivity index (χ2n) is 4.65. The van der Waals surface area contributed by atoms with E-state index in [1.54, 1.807) is 0 Å². The Morgan fingerprint density at radius 2 is 2.07 bits per heavy atom. The third kappa shape index (κ3) is 3.96. The number of ether oxygens (including phenoxy) is 1. The standard InChI is InChI=1S/C10H20N2O2/c1-5-11-7-6-8(7)12-9(13)14-10(2,3)4/h7-8,11H,5-6H2,1-4H3,(H,12,13). The first-order valence-electron chi connectivity index (χ1n) is 5.15. The Hall–Kier alpha value is -0.770. The number of hydrogen-bond acceptors (Lipinski definition) is 3. The van der Waals surface area contributed by atoms with Crippen LogP contribution in [0.5, 0.6) is 0 Å². The van der Waals surface area contributed by atoms with Gasteiger partial charge in [-0.05, 0) is 33.7 Å². The predicted octanol–water partition coefficient (Wildman–Crippen LogP) is 1.26. The molecule has 0 spiro atoms. The van der Waals surface area contributed by atoms with Gasteiger partial charge in [-0.2, -0.15) is 0 Å². The summed E-state index contributed by atoms with van der Waals surface area (Å²) >= 11 is 0. The highest BCUT2D eigenvalue weighted by molar-refractivity contribution is 5.68. The van der Waals surface area contributed by atoms with E-state index in [2.05, 4.69) is 17.6 Å². The highest BCUT2D eigenvalue weighted by Gasteiger charge is 2.38. The number of likely N-dealkylation sites (N-methyl/N-ethyl adjacent to an activating group) is 1. The predicted molar refractivity (Wildman–Crippen MR) is 55.2 cm³/mol. The van der Waals surface area contributed by atoms with Crippen LogP contribution in [0.3, 0.4) is 0 Å². The maximum absolute atomic E-state index is 11.3. The summed E-state index contributed by atoms with van der Waals surface area (Å²) in [6.45, 7) is 8.59. The maximum atomic E-state index is 11.3. The normalized spacial score (nSPS) is 25.7. The van der Waals surface area contributed by atoms with Crippen molar-refractivity contribution in [3.05, 3.63) is 0 Å². The quantitative estimate of drug-likeness (QED) is 0.721. The van der Waals surface area contributed by atoms with Crippen molar-refractivity contribution >= 4 is 6.09 Å². The third-order valence-corrected chi connectivity index (χ3v) is 1.96. The molecule has 2 atom stereocenters. The van der Waals surface area contributed by atoms with Crippen molar-refractivity contribution < 1.29 is 9.53 Å². The second kappa shape index (κ2) is 4.17. The van der Waals surface area contributed by atoms with E-state index in [0.717, 1.165) is 13.0 Å². The van der Waals surface area contributed by atoms with Gasteiger partial charge in [0.25, 0.3) is 0 Å². The molecule has 1 aliphatic rings. The third-order valence-electron chi connectivity index (χ3n) is 1.96. The minimum atomic E-state index is -0.410. The zero-order valence-electron chi connectivity index (χ0n) is 9.39. The molecule has 4 heteroatoms. The average Bonchev–Trinajstić information content (AvgIpc) is 2.63. The van der Waals surface area contributed by atoms with Gasteiger partial charge in [0.05, 0.1) is 0 Å². The van der Waals surface area contributed by atoms with E-state index in [1.807, 2.05) is 20.8 Å². The average molecular weight is 200 g/mol. The van der Waals surface area contributed by atoms with Crippen LogP contribution in [0.25, 0.3) is 0 Å². The molecule has 82 valence electrons. The van der Waals surface area contributed by atoms with Crippen molar-refractivity contribution in [1.82, 2.24) is 10.6 Å². The fraction of sp³-hybridized carbons (Fsp3) is 0.900. The Morgan fingerprint density at radius 1 is 1.43 bits per heavy atom. The largest absolute Gasteiger partial charge is 0.444 e. The lowest BCUT2D eigenvalue weighted by atomic mass is 10.2. The molecular formula is C10H20N2O2. The van der Waals surface area contributed by atoms with Crippen LogP contribution in [-0.4, -0.2) is 30.3 Å². The Balaban J connectivity index is 2.17. The number of carbonyl (C=O) groups excluding carboxylic acids is 1. The van der Waals surface area contributed by atoms with Crippen molar-refractivity contribution in [2.75, 3.05) is 6.54 Å². The van der Waals surface area contributed by atoms with Crippen molar-refractivity contribution in [2.45, 2.75) is 51.8 Å². The summed E-state index contributed by atoms with van der Waals surface area (Å²) in [4.78, 5) is 11.3. The van der Waals surface area contributed by atoms with Crippen LogP contribution in [0.15, 0.2) is 0 Å².